The molecule has 2 aromatic heterocycles. The molecule has 3 aromatic rings. The number of hydrogen-bond acceptors (Lipinski definition) is 5. The van der Waals surface area contributed by atoms with Crippen LogP contribution >= 0.6 is 0 Å². The number of furan rings is 1. The molecule has 0 fully saturated rings. The molecule has 24 heavy (non-hydrogen) atoms. The zero-order valence-electron chi connectivity index (χ0n) is 12.7. The van der Waals surface area contributed by atoms with Crippen LogP contribution < -0.4 is 4.72 Å². The molecule has 0 spiro atoms. The molecular weight excluding hydrogens is 333 g/mol. The molecule has 6 nitrogen and oxygen atoms in total. The molecule has 0 unspecified atom stereocenters. The van der Waals surface area contributed by atoms with Crippen molar-refractivity contribution < 1.29 is 17.2 Å². The number of halogens is 1. The van der Waals surface area contributed by atoms with E-state index >= 15 is 0 Å². The number of aromatic nitrogens is 2. The molecule has 2 heterocycles. The van der Waals surface area contributed by atoms with E-state index in [0.717, 1.165) is 6.07 Å². The largest absolute Gasteiger partial charge is 0.472 e. The van der Waals surface area contributed by atoms with Gasteiger partial charge in [-0.1, -0.05) is 0 Å². The summed E-state index contributed by atoms with van der Waals surface area (Å²) in [5.41, 5.74) is 2.03. The lowest BCUT2D eigenvalue weighted by atomic mass is 10.2. The first kappa shape index (κ1) is 16.3. The third kappa shape index (κ3) is 3.34. The number of nitrogens with one attached hydrogen (secondary N) is 1. The monoisotopic (exact) mass is 347 g/mol. The van der Waals surface area contributed by atoms with Gasteiger partial charge in [-0.25, -0.2) is 17.5 Å². The van der Waals surface area contributed by atoms with Crippen molar-refractivity contribution in [3.8, 4) is 11.3 Å². The molecule has 0 aliphatic rings. The van der Waals surface area contributed by atoms with E-state index in [0.29, 0.717) is 22.5 Å². The Morgan fingerprint density at radius 2 is 2.00 bits per heavy atom. The molecule has 0 bridgehead atoms. The standard InChI is InChI=1S/C16H14FN3O3S/c1-11-8-13(17)2-3-15(11)24(21,22)20-9-14-16(19-6-5-18-14)12-4-7-23-10-12/h2-8,10,20H,9H2,1H3. The van der Waals surface area contributed by atoms with Gasteiger partial charge >= 0.3 is 0 Å². The van der Waals surface area contributed by atoms with Gasteiger partial charge in [0.05, 0.1) is 35.4 Å². The maximum absolute atomic E-state index is 13.2. The fourth-order valence-corrected chi connectivity index (χ4v) is 3.50. The van der Waals surface area contributed by atoms with Crippen molar-refractivity contribution in [1.82, 2.24) is 14.7 Å². The summed E-state index contributed by atoms with van der Waals surface area (Å²) in [6.07, 6.45) is 6.01. The third-order valence-corrected chi connectivity index (χ3v) is 4.99. The fraction of sp³-hybridized carbons (Fsp3) is 0.125. The van der Waals surface area contributed by atoms with Crippen molar-refractivity contribution in [1.29, 1.82) is 0 Å². The molecule has 1 aromatic carbocycles. The highest BCUT2D eigenvalue weighted by Gasteiger charge is 2.18. The SMILES string of the molecule is Cc1cc(F)ccc1S(=O)(=O)NCc1nccnc1-c1ccoc1. The Balaban J connectivity index is 1.86. The average molecular weight is 347 g/mol. The summed E-state index contributed by atoms with van der Waals surface area (Å²) in [6.45, 7) is 1.49. The van der Waals surface area contributed by atoms with E-state index in [9.17, 15) is 12.8 Å². The van der Waals surface area contributed by atoms with Gasteiger partial charge in [0.2, 0.25) is 10.0 Å². The molecule has 124 valence electrons. The minimum absolute atomic E-state index is 0.0256. The highest BCUT2D eigenvalue weighted by Crippen LogP contribution is 2.21. The van der Waals surface area contributed by atoms with Crippen molar-refractivity contribution >= 4 is 10.0 Å². The van der Waals surface area contributed by atoms with Gasteiger partial charge in [-0.2, -0.15) is 0 Å². The van der Waals surface area contributed by atoms with E-state index in [-0.39, 0.29) is 11.4 Å². The van der Waals surface area contributed by atoms with Gasteiger partial charge in [-0.3, -0.25) is 9.97 Å². The lowest BCUT2D eigenvalue weighted by Gasteiger charge is -2.10. The lowest BCUT2D eigenvalue weighted by Crippen LogP contribution is -2.25. The van der Waals surface area contributed by atoms with Crippen molar-refractivity contribution in [3.63, 3.8) is 0 Å². The first-order chi connectivity index (χ1) is 11.5. The molecule has 1 N–H and O–H groups in total. The minimum Gasteiger partial charge on any atom is -0.472 e. The van der Waals surface area contributed by atoms with Gasteiger partial charge in [-0.05, 0) is 36.8 Å². The third-order valence-electron chi connectivity index (χ3n) is 3.42. The summed E-state index contributed by atoms with van der Waals surface area (Å²) in [5, 5.41) is 0. The van der Waals surface area contributed by atoms with Gasteiger partial charge in [0.15, 0.2) is 0 Å². The summed E-state index contributed by atoms with van der Waals surface area (Å²) in [4.78, 5) is 8.42. The van der Waals surface area contributed by atoms with E-state index < -0.39 is 15.8 Å². The quantitative estimate of drug-likeness (QED) is 0.767. The lowest BCUT2D eigenvalue weighted by molar-refractivity contribution is 0.568. The van der Waals surface area contributed by atoms with Crippen molar-refractivity contribution in [2.24, 2.45) is 0 Å². The summed E-state index contributed by atoms with van der Waals surface area (Å²) in [7, 11) is -3.80. The Hall–Kier alpha value is -2.58. The van der Waals surface area contributed by atoms with E-state index in [1.54, 1.807) is 6.07 Å². The maximum Gasteiger partial charge on any atom is 0.241 e. The minimum atomic E-state index is -3.80. The Morgan fingerprint density at radius 1 is 1.21 bits per heavy atom. The molecule has 0 amide bonds. The van der Waals surface area contributed by atoms with E-state index in [4.69, 9.17) is 4.42 Å². The Bertz CT molecular complexity index is 956. The van der Waals surface area contributed by atoms with Gasteiger partial charge in [0.25, 0.3) is 0 Å². The number of hydrogen-bond donors (Lipinski definition) is 1. The zero-order valence-corrected chi connectivity index (χ0v) is 13.5. The maximum atomic E-state index is 13.2. The fourth-order valence-electron chi connectivity index (χ4n) is 2.29. The first-order valence-electron chi connectivity index (χ1n) is 7.05. The van der Waals surface area contributed by atoms with Crippen LogP contribution in [0, 0.1) is 12.7 Å². The van der Waals surface area contributed by atoms with Gasteiger partial charge in [0.1, 0.15) is 5.82 Å². The number of nitrogens with zero attached hydrogens (tertiary/aromatic N) is 2. The van der Waals surface area contributed by atoms with Crippen LogP contribution in [0.5, 0.6) is 0 Å². The summed E-state index contributed by atoms with van der Waals surface area (Å²) in [6, 6.07) is 5.24. The normalized spacial score (nSPS) is 11.6. The Kier molecular flexibility index (Phi) is 4.41. The van der Waals surface area contributed by atoms with Crippen LogP contribution in [0.3, 0.4) is 0 Å². The van der Waals surface area contributed by atoms with Crippen LogP contribution in [0.25, 0.3) is 11.3 Å². The topological polar surface area (TPSA) is 85.1 Å². The van der Waals surface area contributed by atoms with Gasteiger partial charge < -0.3 is 4.42 Å². The summed E-state index contributed by atoms with van der Waals surface area (Å²) < 4.78 is 45.5. The van der Waals surface area contributed by atoms with Crippen LogP contribution in [0.4, 0.5) is 4.39 Å². The number of aryl methyl sites for hydroxylation is 1. The number of sulfonamides is 1. The Labute approximate surface area is 138 Å². The molecular formula is C16H14FN3O3S. The molecule has 0 atom stereocenters. The van der Waals surface area contributed by atoms with Crippen LogP contribution in [0.2, 0.25) is 0 Å². The van der Waals surface area contributed by atoms with Gasteiger partial charge in [0, 0.05) is 18.0 Å². The van der Waals surface area contributed by atoms with Crippen molar-refractivity contribution in [2.75, 3.05) is 0 Å². The first-order valence-corrected chi connectivity index (χ1v) is 8.54. The molecule has 0 aliphatic heterocycles. The van der Waals surface area contributed by atoms with Crippen LogP contribution in [-0.4, -0.2) is 18.4 Å². The van der Waals surface area contributed by atoms with Crippen LogP contribution in [0.15, 0.2) is 58.5 Å². The second kappa shape index (κ2) is 6.50. The highest BCUT2D eigenvalue weighted by atomic mass is 32.2. The average Bonchev–Trinajstić information content (AvgIpc) is 3.07. The number of rotatable bonds is 5. The predicted octanol–water partition coefficient (Wildman–Crippen LogP) is 2.66. The van der Waals surface area contributed by atoms with Gasteiger partial charge in [-0.15, -0.1) is 0 Å². The molecule has 0 radical (unpaired) electrons. The molecule has 8 heteroatoms. The zero-order chi connectivity index (χ0) is 17.2. The Morgan fingerprint density at radius 3 is 2.71 bits per heavy atom. The number of benzene rings is 1. The molecule has 0 saturated heterocycles. The van der Waals surface area contributed by atoms with E-state index in [2.05, 4.69) is 14.7 Å². The molecule has 0 saturated carbocycles. The van der Waals surface area contributed by atoms with Crippen molar-refractivity contribution in [3.05, 3.63) is 66.3 Å². The highest BCUT2D eigenvalue weighted by molar-refractivity contribution is 7.89. The second-order valence-corrected chi connectivity index (χ2v) is 6.83. The molecule has 3 rings (SSSR count). The molecule has 0 aliphatic carbocycles. The summed E-state index contributed by atoms with van der Waals surface area (Å²) >= 11 is 0. The van der Waals surface area contributed by atoms with Crippen molar-refractivity contribution in [2.45, 2.75) is 18.4 Å². The van der Waals surface area contributed by atoms with E-state index in [1.807, 2.05) is 0 Å². The summed E-state index contributed by atoms with van der Waals surface area (Å²) in [5.74, 6) is -0.484. The predicted molar refractivity (Wildman–Crippen MR) is 84.9 cm³/mol. The smallest absolute Gasteiger partial charge is 0.241 e. The van der Waals surface area contributed by atoms with Crippen LogP contribution in [-0.2, 0) is 16.6 Å². The second-order valence-electron chi connectivity index (χ2n) is 5.10. The van der Waals surface area contributed by atoms with E-state index in [1.165, 1.54) is 44.0 Å². The van der Waals surface area contributed by atoms with Crippen LogP contribution in [0.1, 0.15) is 11.3 Å².